The Balaban J connectivity index is 3.05. The van der Waals surface area contributed by atoms with Crippen LogP contribution in [0.25, 0.3) is 0 Å². The second-order valence-corrected chi connectivity index (χ2v) is 4.69. The Kier molecular flexibility index (Phi) is 6.39. The maximum atomic E-state index is 12.2. The van der Waals surface area contributed by atoms with Crippen molar-refractivity contribution in [2.75, 3.05) is 39.3 Å². The number of carbonyl (C=O) groups is 3. The van der Waals surface area contributed by atoms with Crippen LogP contribution in [0, 0.1) is 0 Å². The third-order valence-electron chi connectivity index (χ3n) is 3.08. The van der Waals surface area contributed by atoms with Crippen molar-refractivity contribution in [3.63, 3.8) is 0 Å². The summed E-state index contributed by atoms with van der Waals surface area (Å²) in [6.07, 6.45) is 4.67. The van der Waals surface area contributed by atoms with Gasteiger partial charge in [0, 0.05) is 19.6 Å². The maximum absolute atomic E-state index is 12.2. The molecule has 0 N–H and O–H groups in total. The first-order chi connectivity index (χ1) is 10.0. The summed E-state index contributed by atoms with van der Waals surface area (Å²) in [7, 11) is 0. The van der Waals surface area contributed by atoms with Gasteiger partial charge in [0.1, 0.15) is 19.6 Å². The van der Waals surface area contributed by atoms with E-state index in [1.54, 1.807) is 18.2 Å². The molecule has 1 fully saturated rings. The summed E-state index contributed by atoms with van der Waals surface area (Å²) in [5, 5.41) is 0. The smallest absolute Gasteiger partial charge is 0.242 e. The van der Waals surface area contributed by atoms with Crippen LogP contribution in [-0.4, -0.2) is 71.7 Å². The van der Waals surface area contributed by atoms with Crippen LogP contribution in [0.3, 0.4) is 0 Å². The Labute approximate surface area is 125 Å². The lowest BCUT2D eigenvalue weighted by molar-refractivity contribution is -0.138. The van der Waals surface area contributed by atoms with Crippen LogP contribution < -0.4 is 0 Å². The fourth-order valence-electron chi connectivity index (χ4n) is 2.02. The van der Waals surface area contributed by atoms with Gasteiger partial charge in [0.05, 0.1) is 0 Å². The Morgan fingerprint density at radius 2 is 0.905 bits per heavy atom. The van der Waals surface area contributed by atoms with Crippen LogP contribution in [-0.2, 0) is 14.4 Å². The Hall–Kier alpha value is -2.37. The molecule has 0 aromatic rings. The molecule has 1 aliphatic rings. The molecule has 0 aromatic heterocycles. The number of amides is 3. The van der Waals surface area contributed by atoms with Crippen molar-refractivity contribution >= 4 is 17.7 Å². The van der Waals surface area contributed by atoms with Crippen LogP contribution in [0.15, 0.2) is 38.0 Å². The minimum atomic E-state index is -0.279. The van der Waals surface area contributed by atoms with Crippen molar-refractivity contribution in [1.82, 2.24) is 14.7 Å². The Morgan fingerprint density at radius 1 is 0.667 bits per heavy atom. The molecule has 6 heteroatoms. The Morgan fingerprint density at radius 3 is 1.10 bits per heavy atom. The molecule has 0 aliphatic carbocycles. The molecule has 0 saturated carbocycles. The van der Waals surface area contributed by atoms with Crippen LogP contribution in [0.4, 0.5) is 0 Å². The van der Waals surface area contributed by atoms with Gasteiger partial charge in [0.15, 0.2) is 0 Å². The summed E-state index contributed by atoms with van der Waals surface area (Å²) in [6.45, 7) is 11.4. The SMILES string of the molecule is C=CCN1CC(=O)N(CC=C)CC(=O)N(CC=C)CC1=O. The van der Waals surface area contributed by atoms with Gasteiger partial charge in [-0.25, -0.2) is 0 Å². The topological polar surface area (TPSA) is 60.9 Å². The molecule has 0 radical (unpaired) electrons. The van der Waals surface area contributed by atoms with Crippen molar-refractivity contribution in [2.24, 2.45) is 0 Å². The molecular formula is C15H21N3O3. The Bertz CT molecular complexity index is 393. The van der Waals surface area contributed by atoms with Crippen LogP contribution >= 0.6 is 0 Å². The molecule has 1 heterocycles. The van der Waals surface area contributed by atoms with Crippen molar-refractivity contribution in [2.45, 2.75) is 0 Å². The maximum Gasteiger partial charge on any atom is 0.242 e. The lowest BCUT2D eigenvalue weighted by atomic mass is 10.3. The van der Waals surface area contributed by atoms with E-state index in [9.17, 15) is 14.4 Å². The molecule has 1 aliphatic heterocycles. The lowest BCUT2D eigenvalue weighted by Crippen LogP contribution is -2.43. The van der Waals surface area contributed by atoms with E-state index in [1.165, 1.54) is 14.7 Å². The second kappa shape index (κ2) is 8.04. The monoisotopic (exact) mass is 291 g/mol. The number of hydrogen-bond donors (Lipinski definition) is 0. The molecule has 6 nitrogen and oxygen atoms in total. The van der Waals surface area contributed by atoms with Gasteiger partial charge < -0.3 is 14.7 Å². The molecule has 1 rings (SSSR count). The van der Waals surface area contributed by atoms with Crippen LogP contribution in [0.5, 0.6) is 0 Å². The third kappa shape index (κ3) is 4.59. The van der Waals surface area contributed by atoms with Gasteiger partial charge in [-0.15, -0.1) is 19.7 Å². The van der Waals surface area contributed by atoms with Gasteiger partial charge >= 0.3 is 0 Å². The largest absolute Gasteiger partial charge is 0.328 e. The first-order valence-corrected chi connectivity index (χ1v) is 6.69. The number of carbonyl (C=O) groups excluding carboxylic acids is 3. The summed E-state index contributed by atoms with van der Waals surface area (Å²) in [5.74, 6) is -0.836. The number of rotatable bonds is 6. The van der Waals surface area contributed by atoms with Gasteiger partial charge in [-0.1, -0.05) is 18.2 Å². The second-order valence-electron chi connectivity index (χ2n) is 4.69. The van der Waals surface area contributed by atoms with E-state index in [1.807, 2.05) is 0 Å². The zero-order valence-corrected chi connectivity index (χ0v) is 12.2. The molecule has 0 bridgehead atoms. The lowest BCUT2D eigenvalue weighted by Gasteiger charge is -2.23. The summed E-state index contributed by atoms with van der Waals surface area (Å²) in [5.41, 5.74) is 0. The van der Waals surface area contributed by atoms with E-state index in [-0.39, 0.29) is 57.0 Å². The number of hydrogen-bond acceptors (Lipinski definition) is 3. The standard InChI is InChI=1S/C15H21N3O3/c1-4-7-16-10-14(20)18(9-6-3)12-15(21)17(8-5-2)11-13(16)19/h4-6H,1-3,7-12H2. The highest BCUT2D eigenvalue weighted by molar-refractivity contribution is 5.93. The van der Waals surface area contributed by atoms with Gasteiger partial charge in [-0.3, -0.25) is 14.4 Å². The molecule has 3 amide bonds. The zero-order chi connectivity index (χ0) is 15.8. The van der Waals surface area contributed by atoms with E-state index >= 15 is 0 Å². The van der Waals surface area contributed by atoms with Crippen molar-refractivity contribution in [3.8, 4) is 0 Å². The van der Waals surface area contributed by atoms with Crippen LogP contribution in [0.1, 0.15) is 0 Å². The fraction of sp³-hybridized carbons (Fsp3) is 0.400. The van der Waals surface area contributed by atoms with E-state index in [2.05, 4.69) is 19.7 Å². The van der Waals surface area contributed by atoms with E-state index < -0.39 is 0 Å². The average molecular weight is 291 g/mol. The minimum absolute atomic E-state index is 0.0616. The quantitative estimate of drug-likeness (QED) is 0.649. The van der Waals surface area contributed by atoms with E-state index in [0.29, 0.717) is 0 Å². The summed E-state index contributed by atoms with van der Waals surface area (Å²) in [4.78, 5) is 40.8. The van der Waals surface area contributed by atoms with Crippen molar-refractivity contribution in [3.05, 3.63) is 38.0 Å². The summed E-state index contributed by atoms with van der Waals surface area (Å²) in [6, 6.07) is 0. The zero-order valence-electron chi connectivity index (χ0n) is 12.2. The molecule has 21 heavy (non-hydrogen) atoms. The number of nitrogens with zero attached hydrogens (tertiary/aromatic N) is 3. The van der Waals surface area contributed by atoms with Gasteiger partial charge in [0.2, 0.25) is 17.7 Å². The van der Waals surface area contributed by atoms with Gasteiger partial charge in [-0.2, -0.15) is 0 Å². The van der Waals surface area contributed by atoms with Gasteiger partial charge in [0.25, 0.3) is 0 Å². The summed E-state index contributed by atoms with van der Waals surface area (Å²) >= 11 is 0. The molecule has 0 atom stereocenters. The predicted molar refractivity (Wildman–Crippen MR) is 80.3 cm³/mol. The van der Waals surface area contributed by atoms with E-state index in [0.717, 1.165) is 0 Å². The molecule has 1 saturated heterocycles. The van der Waals surface area contributed by atoms with E-state index in [4.69, 9.17) is 0 Å². The highest BCUT2D eigenvalue weighted by Gasteiger charge is 2.28. The highest BCUT2D eigenvalue weighted by Crippen LogP contribution is 2.04. The van der Waals surface area contributed by atoms with Crippen LogP contribution in [0.2, 0.25) is 0 Å². The summed E-state index contributed by atoms with van der Waals surface area (Å²) < 4.78 is 0. The average Bonchev–Trinajstić information content (AvgIpc) is 2.47. The molecule has 114 valence electrons. The first kappa shape index (κ1) is 16.7. The molecule has 0 aromatic carbocycles. The molecular weight excluding hydrogens is 270 g/mol. The predicted octanol–water partition coefficient (Wildman–Crippen LogP) is 0.0438. The first-order valence-electron chi connectivity index (χ1n) is 6.69. The van der Waals surface area contributed by atoms with Crippen molar-refractivity contribution < 1.29 is 14.4 Å². The highest BCUT2D eigenvalue weighted by atomic mass is 16.2. The van der Waals surface area contributed by atoms with Gasteiger partial charge in [-0.05, 0) is 0 Å². The molecule has 0 spiro atoms. The fourth-order valence-corrected chi connectivity index (χ4v) is 2.02. The normalized spacial score (nSPS) is 17.1. The minimum Gasteiger partial charge on any atom is -0.328 e. The molecule has 0 unspecified atom stereocenters. The third-order valence-corrected chi connectivity index (χ3v) is 3.08. The van der Waals surface area contributed by atoms with Crippen molar-refractivity contribution in [1.29, 1.82) is 0 Å².